The summed E-state index contributed by atoms with van der Waals surface area (Å²) in [5, 5.41) is 0. The lowest BCUT2D eigenvalue weighted by atomic mass is 9.98. The summed E-state index contributed by atoms with van der Waals surface area (Å²) < 4.78 is 5.85. The van der Waals surface area contributed by atoms with Crippen LogP contribution in [0, 0.1) is 6.92 Å². The summed E-state index contributed by atoms with van der Waals surface area (Å²) in [4.78, 5) is 8.57. The van der Waals surface area contributed by atoms with Crippen LogP contribution in [0.2, 0.25) is 0 Å². The topological polar surface area (TPSA) is 61.0 Å². The zero-order valence-corrected chi connectivity index (χ0v) is 12.3. The molecule has 4 heteroatoms. The van der Waals surface area contributed by atoms with Gasteiger partial charge in [-0.2, -0.15) is 4.98 Å². The summed E-state index contributed by atoms with van der Waals surface area (Å²) >= 11 is 0. The first-order chi connectivity index (χ1) is 9.65. The van der Waals surface area contributed by atoms with Crippen molar-refractivity contribution in [1.82, 2.24) is 9.97 Å². The normalized spacial score (nSPS) is 12.2. The second kappa shape index (κ2) is 6.48. The van der Waals surface area contributed by atoms with Crippen LogP contribution in [-0.2, 0) is 6.54 Å². The fourth-order valence-corrected chi connectivity index (χ4v) is 2.02. The highest BCUT2D eigenvalue weighted by molar-refractivity contribution is 5.37. The number of rotatable bonds is 5. The quantitative estimate of drug-likeness (QED) is 0.903. The van der Waals surface area contributed by atoms with Crippen molar-refractivity contribution in [3.8, 4) is 11.8 Å². The molecule has 0 saturated heterocycles. The van der Waals surface area contributed by atoms with E-state index in [0.29, 0.717) is 18.5 Å². The van der Waals surface area contributed by atoms with E-state index in [2.05, 4.69) is 29.9 Å². The molecule has 0 aliphatic heterocycles. The summed E-state index contributed by atoms with van der Waals surface area (Å²) in [6.45, 7) is 6.71. The monoisotopic (exact) mass is 271 g/mol. The standard InChI is InChI=1S/C16H21N3O/c1-4-11(2)14-7-5-6-8-15(14)20-16-18-10-13(9-17)12(3)19-16/h5-8,10-11H,4,9,17H2,1-3H3. The molecule has 1 aromatic heterocycles. The summed E-state index contributed by atoms with van der Waals surface area (Å²) in [6.07, 6.45) is 2.79. The Kier molecular flexibility index (Phi) is 4.69. The Morgan fingerprint density at radius 3 is 2.70 bits per heavy atom. The Hall–Kier alpha value is -1.94. The molecule has 0 aliphatic carbocycles. The van der Waals surface area contributed by atoms with Crippen molar-refractivity contribution in [2.75, 3.05) is 0 Å². The van der Waals surface area contributed by atoms with Crippen LogP contribution < -0.4 is 10.5 Å². The number of hydrogen-bond acceptors (Lipinski definition) is 4. The maximum absolute atomic E-state index is 5.85. The Morgan fingerprint density at radius 2 is 2.05 bits per heavy atom. The fraction of sp³-hybridized carbons (Fsp3) is 0.375. The molecule has 0 fully saturated rings. The number of aryl methyl sites for hydroxylation is 1. The number of ether oxygens (including phenoxy) is 1. The first-order valence-electron chi connectivity index (χ1n) is 6.95. The molecule has 0 spiro atoms. The molecule has 0 bridgehead atoms. The van der Waals surface area contributed by atoms with Crippen molar-refractivity contribution < 1.29 is 4.74 Å². The average Bonchev–Trinajstić information content (AvgIpc) is 2.47. The van der Waals surface area contributed by atoms with Crippen molar-refractivity contribution in [3.05, 3.63) is 47.3 Å². The highest BCUT2D eigenvalue weighted by atomic mass is 16.5. The average molecular weight is 271 g/mol. The van der Waals surface area contributed by atoms with Crippen LogP contribution in [0.15, 0.2) is 30.5 Å². The smallest absolute Gasteiger partial charge is 0.322 e. The Morgan fingerprint density at radius 1 is 1.30 bits per heavy atom. The molecule has 1 unspecified atom stereocenters. The molecule has 2 N–H and O–H groups in total. The molecule has 1 aromatic carbocycles. The third kappa shape index (κ3) is 3.14. The molecule has 20 heavy (non-hydrogen) atoms. The fourth-order valence-electron chi connectivity index (χ4n) is 2.02. The molecule has 2 rings (SSSR count). The third-order valence-electron chi connectivity index (χ3n) is 3.54. The van der Waals surface area contributed by atoms with Gasteiger partial charge in [-0.1, -0.05) is 32.0 Å². The largest absolute Gasteiger partial charge is 0.424 e. The van der Waals surface area contributed by atoms with Crippen molar-refractivity contribution in [1.29, 1.82) is 0 Å². The Balaban J connectivity index is 2.28. The zero-order chi connectivity index (χ0) is 14.5. The minimum Gasteiger partial charge on any atom is -0.424 e. The third-order valence-corrected chi connectivity index (χ3v) is 3.54. The van der Waals surface area contributed by atoms with Crippen LogP contribution in [0.1, 0.15) is 43.0 Å². The predicted octanol–water partition coefficient (Wildman–Crippen LogP) is 3.55. The molecule has 4 nitrogen and oxygen atoms in total. The van der Waals surface area contributed by atoms with Crippen LogP contribution in [0.4, 0.5) is 0 Å². The van der Waals surface area contributed by atoms with Gasteiger partial charge in [-0.3, -0.25) is 0 Å². The molecule has 0 amide bonds. The van der Waals surface area contributed by atoms with Crippen LogP contribution in [0.25, 0.3) is 0 Å². The second-order valence-electron chi connectivity index (χ2n) is 4.92. The van der Waals surface area contributed by atoms with E-state index in [1.165, 1.54) is 5.56 Å². The maximum Gasteiger partial charge on any atom is 0.322 e. The van der Waals surface area contributed by atoms with Gasteiger partial charge in [-0.25, -0.2) is 4.98 Å². The van der Waals surface area contributed by atoms with Gasteiger partial charge in [0.05, 0.1) is 0 Å². The van der Waals surface area contributed by atoms with Crippen molar-refractivity contribution in [3.63, 3.8) is 0 Å². The molecular formula is C16H21N3O. The number of nitrogens with zero attached hydrogens (tertiary/aromatic N) is 2. The van der Waals surface area contributed by atoms with Gasteiger partial charge in [0.25, 0.3) is 0 Å². The summed E-state index contributed by atoms with van der Waals surface area (Å²) in [6, 6.07) is 8.40. The van der Waals surface area contributed by atoms with Gasteiger partial charge in [0, 0.05) is 24.0 Å². The van der Waals surface area contributed by atoms with Gasteiger partial charge in [-0.15, -0.1) is 0 Å². The minimum absolute atomic E-state index is 0.371. The number of aromatic nitrogens is 2. The van der Waals surface area contributed by atoms with E-state index in [4.69, 9.17) is 10.5 Å². The van der Waals surface area contributed by atoms with Crippen LogP contribution in [0.5, 0.6) is 11.8 Å². The van der Waals surface area contributed by atoms with E-state index >= 15 is 0 Å². The molecule has 2 aromatic rings. The van der Waals surface area contributed by atoms with E-state index in [1.807, 2.05) is 25.1 Å². The van der Waals surface area contributed by atoms with Gasteiger partial charge in [0.15, 0.2) is 0 Å². The van der Waals surface area contributed by atoms with E-state index in [1.54, 1.807) is 6.20 Å². The van der Waals surface area contributed by atoms with Crippen molar-refractivity contribution >= 4 is 0 Å². The number of nitrogens with two attached hydrogens (primary N) is 1. The Bertz CT molecular complexity index is 584. The van der Waals surface area contributed by atoms with Crippen molar-refractivity contribution in [2.24, 2.45) is 5.73 Å². The minimum atomic E-state index is 0.371. The summed E-state index contributed by atoms with van der Waals surface area (Å²) in [5.41, 5.74) is 8.59. The van der Waals surface area contributed by atoms with Crippen LogP contribution in [-0.4, -0.2) is 9.97 Å². The molecule has 1 heterocycles. The van der Waals surface area contributed by atoms with Crippen LogP contribution >= 0.6 is 0 Å². The van der Waals surface area contributed by atoms with Gasteiger partial charge >= 0.3 is 6.01 Å². The molecular weight excluding hydrogens is 250 g/mol. The molecule has 0 aliphatic rings. The number of para-hydroxylation sites is 1. The van der Waals surface area contributed by atoms with Crippen LogP contribution in [0.3, 0.4) is 0 Å². The highest BCUT2D eigenvalue weighted by Gasteiger charge is 2.12. The predicted molar refractivity (Wildman–Crippen MR) is 79.9 cm³/mol. The summed E-state index contributed by atoms with van der Waals surface area (Å²) in [5.74, 6) is 1.26. The van der Waals surface area contributed by atoms with E-state index in [0.717, 1.165) is 23.4 Å². The summed E-state index contributed by atoms with van der Waals surface area (Å²) in [7, 11) is 0. The lowest BCUT2D eigenvalue weighted by Gasteiger charge is -2.14. The first-order valence-corrected chi connectivity index (χ1v) is 6.95. The molecule has 106 valence electrons. The van der Waals surface area contributed by atoms with Gasteiger partial charge in [0.1, 0.15) is 5.75 Å². The second-order valence-corrected chi connectivity index (χ2v) is 4.92. The zero-order valence-electron chi connectivity index (χ0n) is 12.3. The highest BCUT2D eigenvalue weighted by Crippen LogP contribution is 2.30. The number of benzene rings is 1. The van der Waals surface area contributed by atoms with Gasteiger partial charge < -0.3 is 10.5 Å². The van der Waals surface area contributed by atoms with Gasteiger partial charge in [-0.05, 0) is 30.9 Å². The van der Waals surface area contributed by atoms with Crippen molar-refractivity contribution in [2.45, 2.75) is 39.7 Å². The first kappa shape index (κ1) is 14.5. The maximum atomic E-state index is 5.85. The van der Waals surface area contributed by atoms with E-state index in [9.17, 15) is 0 Å². The Labute approximate surface area is 120 Å². The number of hydrogen-bond donors (Lipinski definition) is 1. The van der Waals surface area contributed by atoms with E-state index in [-0.39, 0.29) is 0 Å². The lowest BCUT2D eigenvalue weighted by Crippen LogP contribution is -2.04. The SMILES string of the molecule is CCC(C)c1ccccc1Oc1ncc(CN)c(C)n1. The molecule has 0 saturated carbocycles. The molecule has 1 atom stereocenters. The van der Waals surface area contributed by atoms with Gasteiger partial charge in [0.2, 0.25) is 0 Å². The lowest BCUT2D eigenvalue weighted by molar-refractivity contribution is 0.430. The van der Waals surface area contributed by atoms with E-state index < -0.39 is 0 Å². The molecule has 0 radical (unpaired) electrons.